The smallest absolute Gasteiger partial charge is 0.242 e. The van der Waals surface area contributed by atoms with Crippen molar-refractivity contribution < 1.29 is 22.7 Å². The molecule has 0 aliphatic carbocycles. The summed E-state index contributed by atoms with van der Waals surface area (Å²) >= 11 is 0. The maximum Gasteiger partial charge on any atom is 0.242 e. The maximum atomic E-state index is 12.6. The van der Waals surface area contributed by atoms with E-state index in [1.165, 1.54) is 18.4 Å². The minimum Gasteiger partial charge on any atom is -0.493 e. The largest absolute Gasteiger partial charge is 0.493 e. The van der Waals surface area contributed by atoms with Gasteiger partial charge in [0.1, 0.15) is 5.82 Å². The molecule has 0 saturated carbocycles. The van der Waals surface area contributed by atoms with Gasteiger partial charge in [-0.1, -0.05) is 0 Å². The number of ether oxygens (including phenoxy) is 2. The van der Waals surface area contributed by atoms with Crippen LogP contribution in [-0.2, 0) is 28.3 Å². The summed E-state index contributed by atoms with van der Waals surface area (Å²) in [6.45, 7) is 1.88. The fourth-order valence-electron chi connectivity index (χ4n) is 3.38. The summed E-state index contributed by atoms with van der Waals surface area (Å²) in [6.07, 6.45) is 0.618. The first-order chi connectivity index (χ1) is 15.1. The molecule has 172 valence electrons. The Kier molecular flexibility index (Phi) is 6.75. The summed E-state index contributed by atoms with van der Waals surface area (Å²) in [4.78, 5) is 17.3. The van der Waals surface area contributed by atoms with Crippen LogP contribution in [0.2, 0.25) is 0 Å². The lowest BCUT2D eigenvalue weighted by Crippen LogP contribution is -2.22. The van der Waals surface area contributed by atoms with Crippen LogP contribution in [0, 0.1) is 6.92 Å². The van der Waals surface area contributed by atoms with Crippen LogP contribution in [0.1, 0.15) is 17.8 Å². The van der Waals surface area contributed by atoms with Crippen molar-refractivity contribution in [3.63, 3.8) is 0 Å². The van der Waals surface area contributed by atoms with Crippen LogP contribution in [0.25, 0.3) is 11.0 Å². The number of fused-ring (bicyclic) bond motifs is 1. The first-order valence-electron chi connectivity index (χ1n) is 9.98. The summed E-state index contributed by atoms with van der Waals surface area (Å²) in [5, 5.41) is 2.90. The second-order valence-corrected chi connectivity index (χ2v) is 9.75. The van der Waals surface area contributed by atoms with Crippen molar-refractivity contribution in [2.24, 2.45) is 7.05 Å². The zero-order chi connectivity index (χ0) is 23.6. The summed E-state index contributed by atoms with van der Waals surface area (Å²) in [7, 11) is 4.38. The Morgan fingerprint density at radius 1 is 1.12 bits per heavy atom. The van der Waals surface area contributed by atoms with Gasteiger partial charge >= 0.3 is 0 Å². The fourth-order valence-corrected chi connectivity index (χ4v) is 4.30. The number of aromatic nitrogens is 2. The van der Waals surface area contributed by atoms with Gasteiger partial charge in [-0.3, -0.25) is 4.79 Å². The van der Waals surface area contributed by atoms with E-state index >= 15 is 0 Å². The fraction of sp³-hybridized carbons (Fsp3) is 0.364. The van der Waals surface area contributed by atoms with E-state index in [2.05, 4.69) is 10.3 Å². The van der Waals surface area contributed by atoms with Gasteiger partial charge in [0, 0.05) is 45.7 Å². The van der Waals surface area contributed by atoms with Crippen molar-refractivity contribution in [1.29, 1.82) is 0 Å². The van der Waals surface area contributed by atoms with Gasteiger partial charge in [-0.15, -0.1) is 0 Å². The Morgan fingerprint density at radius 2 is 1.78 bits per heavy atom. The van der Waals surface area contributed by atoms with Crippen molar-refractivity contribution in [2.45, 2.75) is 24.7 Å². The van der Waals surface area contributed by atoms with Crippen LogP contribution in [0.5, 0.6) is 11.5 Å². The van der Waals surface area contributed by atoms with Crippen LogP contribution in [-0.4, -0.2) is 56.5 Å². The number of nitrogens with zero attached hydrogens (tertiary/aromatic N) is 3. The Bertz CT molecular complexity index is 1270. The Hall–Kier alpha value is -3.11. The number of benzene rings is 2. The van der Waals surface area contributed by atoms with Crippen molar-refractivity contribution in [3.8, 4) is 11.5 Å². The molecule has 1 aromatic heterocycles. The number of sulfonamides is 1. The number of carbonyl (C=O) groups is 1. The zero-order valence-corrected chi connectivity index (χ0v) is 19.9. The molecule has 1 N–H and O–H groups in total. The molecule has 10 heteroatoms. The molecule has 0 fully saturated rings. The summed E-state index contributed by atoms with van der Waals surface area (Å²) < 4.78 is 38.4. The Balaban J connectivity index is 1.76. The second kappa shape index (κ2) is 9.17. The van der Waals surface area contributed by atoms with Crippen LogP contribution in [0.4, 0.5) is 5.69 Å². The molecule has 0 unspecified atom stereocenters. The van der Waals surface area contributed by atoms with E-state index in [1.54, 1.807) is 44.6 Å². The average molecular weight is 461 g/mol. The molecule has 32 heavy (non-hydrogen) atoms. The van der Waals surface area contributed by atoms with E-state index in [9.17, 15) is 13.2 Å². The van der Waals surface area contributed by atoms with Crippen LogP contribution < -0.4 is 14.8 Å². The lowest BCUT2D eigenvalue weighted by atomic mass is 10.1. The van der Waals surface area contributed by atoms with Crippen LogP contribution >= 0.6 is 0 Å². The molecule has 1 amide bonds. The van der Waals surface area contributed by atoms with Crippen molar-refractivity contribution in [2.75, 3.05) is 33.6 Å². The van der Waals surface area contributed by atoms with Gasteiger partial charge in [-0.25, -0.2) is 17.7 Å². The number of anilines is 1. The summed E-state index contributed by atoms with van der Waals surface area (Å²) in [5.74, 6) is 1.66. The number of imidazole rings is 1. The zero-order valence-electron chi connectivity index (χ0n) is 19.1. The monoisotopic (exact) mass is 460 g/mol. The standard InChI is InChI=1S/C22H28N4O5S/c1-14-11-19(30-5)20(31-6)13-16(14)24-22(27)10-9-21-23-17-12-15(32(28,29)25(2)3)7-8-18(17)26(21)4/h7-8,11-13H,9-10H2,1-6H3,(H,24,27). The number of nitrogens with one attached hydrogen (secondary N) is 1. The van der Waals surface area contributed by atoms with E-state index in [-0.39, 0.29) is 17.2 Å². The molecule has 1 heterocycles. The minimum absolute atomic E-state index is 0.164. The van der Waals surface area contributed by atoms with Gasteiger partial charge in [0.05, 0.1) is 30.1 Å². The van der Waals surface area contributed by atoms with E-state index in [0.29, 0.717) is 34.9 Å². The van der Waals surface area contributed by atoms with Crippen molar-refractivity contribution in [1.82, 2.24) is 13.9 Å². The number of carbonyl (C=O) groups excluding carboxylic acids is 1. The predicted octanol–water partition coefficient (Wildman–Crippen LogP) is 2.72. The second-order valence-electron chi connectivity index (χ2n) is 7.60. The van der Waals surface area contributed by atoms with Gasteiger partial charge in [0.2, 0.25) is 15.9 Å². The Morgan fingerprint density at radius 3 is 2.41 bits per heavy atom. The quantitative estimate of drug-likeness (QED) is 0.555. The molecule has 0 atom stereocenters. The number of rotatable bonds is 8. The summed E-state index contributed by atoms with van der Waals surface area (Å²) in [5.41, 5.74) is 2.87. The number of methoxy groups -OCH3 is 2. The van der Waals surface area contributed by atoms with Gasteiger partial charge in [-0.2, -0.15) is 0 Å². The molecule has 3 rings (SSSR count). The molecule has 2 aromatic carbocycles. The molecule has 3 aromatic rings. The molecular formula is C22H28N4O5S. The van der Waals surface area contributed by atoms with E-state index < -0.39 is 10.0 Å². The van der Waals surface area contributed by atoms with E-state index in [1.807, 2.05) is 18.5 Å². The first-order valence-corrected chi connectivity index (χ1v) is 11.4. The highest BCUT2D eigenvalue weighted by molar-refractivity contribution is 7.89. The normalized spacial score (nSPS) is 11.7. The average Bonchev–Trinajstić information content (AvgIpc) is 3.08. The molecule has 0 spiro atoms. The molecule has 0 bridgehead atoms. The predicted molar refractivity (Wildman–Crippen MR) is 123 cm³/mol. The Labute approximate surface area is 188 Å². The van der Waals surface area contributed by atoms with Gasteiger partial charge in [-0.05, 0) is 36.8 Å². The van der Waals surface area contributed by atoms with E-state index in [0.717, 1.165) is 11.1 Å². The van der Waals surface area contributed by atoms with Crippen LogP contribution in [0.3, 0.4) is 0 Å². The molecular weight excluding hydrogens is 432 g/mol. The third kappa shape index (κ3) is 4.56. The van der Waals surface area contributed by atoms with Crippen LogP contribution in [0.15, 0.2) is 35.2 Å². The highest BCUT2D eigenvalue weighted by Gasteiger charge is 2.19. The summed E-state index contributed by atoms with van der Waals surface area (Å²) in [6, 6.07) is 8.39. The van der Waals surface area contributed by atoms with Gasteiger partial charge in [0.25, 0.3) is 0 Å². The molecule has 0 aliphatic heterocycles. The van der Waals surface area contributed by atoms with Gasteiger partial charge < -0.3 is 19.4 Å². The number of aryl methyl sites for hydroxylation is 3. The van der Waals surface area contributed by atoms with Gasteiger partial charge in [0.15, 0.2) is 11.5 Å². The van der Waals surface area contributed by atoms with Crippen molar-refractivity contribution >= 4 is 32.7 Å². The lowest BCUT2D eigenvalue weighted by molar-refractivity contribution is -0.116. The van der Waals surface area contributed by atoms with E-state index in [4.69, 9.17) is 9.47 Å². The molecule has 9 nitrogen and oxygen atoms in total. The highest BCUT2D eigenvalue weighted by atomic mass is 32.2. The number of amides is 1. The number of hydrogen-bond donors (Lipinski definition) is 1. The third-order valence-electron chi connectivity index (χ3n) is 5.30. The molecule has 0 radical (unpaired) electrons. The first kappa shape index (κ1) is 23.6. The topological polar surface area (TPSA) is 103 Å². The highest BCUT2D eigenvalue weighted by Crippen LogP contribution is 2.33. The van der Waals surface area contributed by atoms with Crippen molar-refractivity contribution in [3.05, 3.63) is 41.7 Å². The molecule has 0 aliphatic rings. The SMILES string of the molecule is COc1cc(C)c(NC(=O)CCc2nc3cc(S(=O)(=O)N(C)C)ccc3n2C)cc1OC. The third-order valence-corrected chi connectivity index (χ3v) is 7.11. The maximum absolute atomic E-state index is 12.6. The minimum atomic E-state index is -3.55. The lowest BCUT2D eigenvalue weighted by Gasteiger charge is -2.13. The number of hydrogen-bond acceptors (Lipinski definition) is 6. The molecule has 0 saturated heterocycles.